The van der Waals surface area contributed by atoms with E-state index in [2.05, 4.69) is 0 Å². The van der Waals surface area contributed by atoms with E-state index < -0.39 is 12.1 Å². The Kier molecular flexibility index (Phi) is 5.61. The summed E-state index contributed by atoms with van der Waals surface area (Å²) in [7, 11) is 0. The predicted octanol–water partition coefficient (Wildman–Crippen LogP) is 1.47. The largest absolute Gasteiger partial charge is 0.491 e. The zero-order chi connectivity index (χ0) is 13.5. The Hall–Kier alpha value is -1.59. The standard InChI is InChI=1S/C13H18O5/c1-3-17-7-11(14)8-18-12-6-10(13(15)16)5-4-9(12)2/h4-6,11,14H,3,7-8H2,1-2H3,(H,15,16). The molecule has 100 valence electrons. The molecule has 0 radical (unpaired) electrons. The fraction of sp³-hybridized carbons (Fsp3) is 0.462. The van der Waals surface area contributed by atoms with Crippen molar-refractivity contribution in [2.45, 2.75) is 20.0 Å². The monoisotopic (exact) mass is 254 g/mol. The Labute approximate surface area is 106 Å². The third-order valence-corrected chi connectivity index (χ3v) is 2.38. The molecule has 0 fully saturated rings. The first-order valence-electron chi connectivity index (χ1n) is 5.77. The van der Waals surface area contributed by atoms with Crippen LogP contribution in [-0.4, -0.2) is 42.1 Å². The number of hydrogen-bond donors (Lipinski definition) is 2. The fourth-order valence-corrected chi connectivity index (χ4v) is 1.38. The van der Waals surface area contributed by atoms with Crippen molar-refractivity contribution >= 4 is 5.97 Å². The summed E-state index contributed by atoms with van der Waals surface area (Å²) >= 11 is 0. The number of benzene rings is 1. The van der Waals surface area contributed by atoms with Crippen LogP contribution in [0.3, 0.4) is 0 Å². The van der Waals surface area contributed by atoms with E-state index in [1.54, 1.807) is 6.07 Å². The van der Waals surface area contributed by atoms with E-state index in [0.717, 1.165) is 5.56 Å². The zero-order valence-corrected chi connectivity index (χ0v) is 10.5. The summed E-state index contributed by atoms with van der Waals surface area (Å²) in [4.78, 5) is 10.8. The molecule has 0 spiro atoms. The number of hydrogen-bond acceptors (Lipinski definition) is 4. The van der Waals surface area contributed by atoms with Gasteiger partial charge in [-0.15, -0.1) is 0 Å². The highest BCUT2D eigenvalue weighted by Crippen LogP contribution is 2.19. The van der Waals surface area contributed by atoms with Crippen LogP contribution in [0.4, 0.5) is 0 Å². The summed E-state index contributed by atoms with van der Waals surface area (Å²) in [5.41, 5.74) is 0.985. The molecular formula is C13H18O5. The Bertz CT molecular complexity index is 402. The second-order valence-electron chi connectivity index (χ2n) is 3.91. The first kappa shape index (κ1) is 14.5. The van der Waals surface area contributed by atoms with Crippen LogP contribution < -0.4 is 4.74 Å². The van der Waals surface area contributed by atoms with E-state index in [0.29, 0.717) is 12.4 Å². The van der Waals surface area contributed by atoms with Crippen LogP contribution in [0.1, 0.15) is 22.8 Å². The minimum absolute atomic E-state index is 0.0733. The second kappa shape index (κ2) is 6.98. The average molecular weight is 254 g/mol. The molecule has 0 saturated heterocycles. The van der Waals surface area contributed by atoms with Gasteiger partial charge in [0, 0.05) is 6.61 Å². The summed E-state index contributed by atoms with van der Waals surface area (Å²) < 4.78 is 10.4. The smallest absolute Gasteiger partial charge is 0.335 e. The maximum absolute atomic E-state index is 10.8. The molecule has 1 atom stereocenters. The van der Waals surface area contributed by atoms with E-state index in [1.165, 1.54) is 12.1 Å². The lowest BCUT2D eigenvalue weighted by atomic mass is 10.1. The molecule has 0 bridgehead atoms. The van der Waals surface area contributed by atoms with Gasteiger partial charge in [0.25, 0.3) is 0 Å². The average Bonchev–Trinajstić information content (AvgIpc) is 2.35. The van der Waals surface area contributed by atoms with Crippen molar-refractivity contribution in [1.29, 1.82) is 0 Å². The first-order valence-corrected chi connectivity index (χ1v) is 5.77. The summed E-state index contributed by atoms with van der Waals surface area (Å²) in [6.07, 6.45) is -0.724. The van der Waals surface area contributed by atoms with Crippen LogP contribution in [0.25, 0.3) is 0 Å². The molecule has 1 aromatic rings. The number of ether oxygens (including phenoxy) is 2. The molecule has 0 aliphatic rings. The van der Waals surface area contributed by atoms with Crippen LogP contribution in [0.2, 0.25) is 0 Å². The van der Waals surface area contributed by atoms with Crippen LogP contribution in [0, 0.1) is 6.92 Å². The number of aromatic carboxylic acids is 1. The summed E-state index contributed by atoms with van der Waals surface area (Å²) in [6.45, 7) is 4.46. The van der Waals surface area contributed by atoms with Gasteiger partial charge in [-0.05, 0) is 31.5 Å². The minimum Gasteiger partial charge on any atom is -0.491 e. The number of aliphatic hydroxyl groups is 1. The molecule has 18 heavy (non-hydrogen) atoms. The number of carbonyl (C=O) groups is 1. The van der Waals surface area contributed by atoms with Gasteiger partial charge in [-0.3, -0.25) is 0 Å². The van der Waals surface area contributed by atoms with Crippen molar-refractivity contribution in [3.05, 3.63) is 29.3 Å². The van der Waals surface area contributed by atoms with Gasteiger partial charge in [0.15, 0.2) is 0 Å². The molecule has 0 heterocycles. The Balaban J connectivity index is 2.60. The highest BCUT2D eigenvalue weighted by molar-refractivity contribution is 5.88. The maximum Gasteiger partial charge on any atom is 0.335 e. The van der Waals surface area contributed by atoms with E-state index in [1.807, 2.05) is 13.8 Å². The highest BCUT2D eigenvalue weighted by atomic mass is 16.5. The summed E-state index contributed by atoms with van der Waals surface area (Å²) in [5.74, 6) is -0.542. The van der Waals surface area contributed by atoms with Gasteiger partial charge in [0.2, 0.25) is 0 Å². The highest BCUT2D eigenvalue weighted by Gasteiger charge is 2.09. The van der Waals surface area contributed by atoms with Crippen molar-refractivity contribution in [2.24, 2.45) is 0 Å². The van der Waals surface area contributed by atoms with Crippen molar-refractivity contribution in [2.75, 3.05) is 19.8 Å². The van der Waals surface area contributed by atoms with E-state index >= 15 is 0 Å². The molecule has 5 heteroatoms. The molecule has 1 rings (SSSR count). The molecule has 0 aliphatic heterocycles. The molecule has 0 amide bonds. The predicted molar refractivity (Wildman–Crippen MR) is 66.1 cm³/mol. The van der Waals surface area contributed by atoms with Crippen LogP contribution in [0.15, 0.2) is 18.2 Å². The minimum atomic E-state index is -1.00. The van der Waals surface area contributed by atoms with E-state index in [9.17, 15) is 9.90 Å². The molecule has 0 aromatic heterocycles. The van der Waals surface area contributed by atoms with Crippen molar-refractivity contribution < 1.29 is 24.5 Å². The number of carboxylic acids is 1. The molecular weight excluding hydrogens is 236 g/mol. The normalized spacial score (nSPS) is 12.2. The van der Waals surface area contributed by atoms with Crippen LogP contribution >= 0.6 is 0 Å². The van der Waals surface area contributed by atoms with Crippen LogP contribution in [0.5, 0.6) is 5.75 Å². The number of aliphatic hydroxyl groups excluding tert-OH is 1. The summed E-state index contributed by atoms with van der Waals surface area (Å²) in [5, 5.41) is 18.4. The molecule has 1 aromatic carbocycles. The number of rotatable bonds is 7. The fourth-order valence-electron chi connectivity index (χ4n) is 1.38. The summed E-state index contributed by atoms with van der Waals surface area (Å²) in [6, 6.07) is 4.64. The molecule has 2 N–H and O–H groups in total. The Morgan fingerprint density at radius 2 is 2.11 bits per heavy atom. The lowest BCUT2D eigenvalue weighted by molar-refractivity contribution is 0.0163. The molecule has 1 unspecified atom stereocenters. The molecule has 0 saturated carbocycles. The van der Waals surface area contributed by atoms with Gasteiger partial charge < -0.3 is 19.7 Å². The van der Waals surface area contributed by atoms with Gasteiger partial charge in [0.1, 0.15) is 18.5 Å². The molecule has 0 aliphatic carbocycles. The quantitative estimate of drug-likeness (QED) is 0.770. The van der Waals surface area contributed by atoms with Crippen molar-refractivity contribution in [3.63, 3.8) is 0 Å². The van der Waals surface area contributed by atoms with Crippen molar-refractivity contribution in [3.8, 4) is 5.75 Å². The number of aryl methyl sites for hydroxylation is 1. The molecule has 5 nitrogen and oxygen atoms in total. The van der Waals surface area contributed by atoms with Gasteiger partial charge in [-0.2, -0.15) is 0 Å². The van der Waals surface area contributed by atoms with E-state index in [-0.39, 0.29) is 18.8 Å². The van der Waals surface area contributed by atoms with Gasteiger partial charge in [-0.25, -0.2) is 4.79 Å². The Morgan fingerprint density at radius 3 is 2.72 bits per heavy atom. The number of carboxylic acid groups (broad SMARTS) is 1. The zero-order valence-electron chi connectivity index (χ0n) is 10.5. The van der Waals surface area contributed by atoms with Gasteiger partial charge in [-0.1, -0.05) is 6.07 Å². The third kappa shape index (κ3) is 4.35. The second-order valence-corrected chi connectivity index (χ2v) is 3.91. The van der Waals surface area contributed by atoms with E-state index in [4.69, 9.17) is 14.6 Å². The third-order valence-electron chi connectivity index (χ3n) is 2.38. The van der Waals surface area contributed by atoms with Gasteiger partial charge >= 0.3 is 5.97 Å². The lowest BCUT2D eigenvalue weighted by Gasteiger charge is -2.14. The topological polar surface area (TPSA) is 76.0 Å². The van der Waals surface area contributed by atoms with Gasteiger partial charge in [0.05, 0.1) is 12.2 Å². The van der Waals surface area contributed by atoms with Crippen molar-refractivity contribution in [1.82, 2.24) is 0 Å². The lowest BCUT2D eigenvalue weighted by Crippen LogP contribution is -2.23. The maximum atomic E-state index is 10.8. The first-order chi connectivity index (χ1) is 8.54. The SMILES string of the molecule is CCOCC(O)COc1cc(C(=O)O)ccc1C. The Morgan fingerprint density at radius 1 is 1.39 bits per heavy atom. The van der Waals surface area contributed by atoms with Crippen LogP contribution in [-0.2, 0) is 4.74 Å².